The first-order valence-corrected chi connectivity index (χ1v) is 7.44. The third kappa shape index (κ3) is 2.78. The summed E-state index contributed by atoms with van der Waals surface area (Å²) in [6.07, 6.45) is 0. The van der Waals surface area contributed by atoms with E-state index in [1.165, 1.54) is 4.52 Å². The van der Waals surface area contributed by atoms with Crippen molar-refractivity contribution < 1.29 is 9.47 Å². The number of rotatable bonds is 5. The Morgan fingerprint density at radius 2 is 2.00 bits per heavy atom. The van der Waals surface area contributed by atoms with Crippen LogP contribution in [0.15, 0.2) is 23.0 Å². The lowest BCUT2D eigenvalue weighted by Gasteiger charge is -2.10. The zero-order valence-electron chi connectivity index (χ0n) is 14.0. The SMILES string of the molecule is COc1ccc(OC)c(CNc2nc3nc(C)c(C)c(=O)n3[nH]2)c1. The van der Waals surface area contributed by atoms with E-state index < -0.39 is 0 Å². The van der Waals surface area contributed by atoms with Crippen molar-refractivity contribution in [2.45, 2.75) is 20.4 Å². The van der Waals surface area contributed by atoms with Gasteiger partial charge in [0.1, 0.15) is 11.5 Å². The van der Waals surface area contributed by atoms with Gasteiger partial charge in [0.25, 0.3) is 11.3 Å². The molecule has 3 rings (SSSR count). The molecule has 0 saturated heterocycles. The Labute approximate surface area is 138 Å². The van der Waals surface area contributed by atoms with E-state index in [0.717, 1.165) is 17.1 Å². The van der Waals surface area contributed by atoms with Gasteiger partial charge >= 0.3 is 0 Å². The van der Waals surface area contributed by atoms with E-state index in [0.29, 0.717) is 29.5 Å². The fourth-order valence-electron chi connectivity index (χ4n) is 2.38. The van der Waals surface area contributed by atoms with Gasteiger partial charge in [0.05, 0.1) is 14.2 Å². The Morgan fingerprint density at radius 1 is 1.21 bits per heavy atom. The van der Waals surface area contributed by atoms with Gasteiger partial charge in [0.15, 0.2) is 0 Å². The van der Waals surface area contributed by atoms with E-state index in [-0.39, 0.29) is 5.56 Å². The van der Waals surface area contributed by atoms with E-state index in [2.05, 4.69) is 20.4 Å². The number of aromatic nitrogens is 4. The predicted octanol–water partition coefficient (Wildman–Crippen LogP) is 1.66. The van der Waals surface area contributed by atoms with Gasteiger partial charge in [-0.25, -0.2) is 4.98 Å². The molecule has 0 fully saturated rings. The minimum Gasteiger partial charge on any atom is -0.497 e. The molecule has 2 heterocycles. The number of ether oxygens (including phenoxy) is 2. The quantitative estimate of drug-likeness (QED) is 0.739. The highest BCUT2D eigenvalue weighted by Crippen LogP contribution is 2.24. The average Bonchev–Trinajstić information content (AvgIpc) is 3.00. The molecule has 0 atom stereocenters. The predicted molar refractivity (Wildman–Crippen MR) is 90.0 cm³/mol. The Kier molecular flexibility index (Phi) is 4.11. The summed E-state index contributed by atoms with van der Waals surface area (Å²) in [7, 11) is 3.22. The van der Waals surface area contributed by atoms with Gasteiger partial charge in [-0.2, -0.15) is 9.50 Å². The number of H-pyrrole nitrogens is 1. The summed E-state index contributed by atoms with van der Waals surface area (Å²) in [5.74, 6) is 2.26. The van der Waals surface area contributed by atoms with Crippen LogP contribution in [0, 0.1) is 13.8 Å². The van der Waals surface area contributed by atoms with Gasteiger partial charge in [-0.15, -0.1) is 0 Å². The third-order valence-electron chi connectivity index (χ3n) is 3.90. The van der Waals surface area contributed by atoms with Crippen LogP contribution in [-0.2, 0) is 6.54 Å². The molecule has 0 aliphatic carbocycles. The first-order valence-electron chi connectivity index (χ1n) is 7.44. The van der Waals surface area contributed by atoms with Gasteiger partial charge in [-0.05, 0) is 32.0 Å². The van der Waals surface area contributed by atoms with Crippen LogP contribution in [-0.4, -0.2) is 33.8 Å². The van der Waals surface area contributed by atoms with E-state index in [1.807, 2.05) is 18.2 Å². The molecular weight excluding hydrogens is 310 g/mol. The molecule has 0 amide bonds. The second-order valence-electron chi connectivity index (χ2n) is 5.37. The summed E-state index contributed by atoms with van der Waals surface area (Å²) < 4.78 is 11.9. The molecule has 0 unspecified atom stereocenters. The van der Waals surface area contributed by atoms with Gasteiger partial charge in [-0.3, -0.25) is 9.89 Å². The van der Waals surface area contributed by atoms with Crippen molar-refractivity contribution >= 4 is 11.7 Å². The molecular formula is C16H19N5O3. The summed E-state index contributed by atoms with van der Waals surface area (Å²) >= 11 is 0. The maximum Gasteiger partial charge on any atom is 0.277 e. The van der Waals surface area contributed by atoms with Gasteiger partial charge in [0, 0.05) is 23.4 Å². The van der Waals surface area contributed by atoms with Crippen molar-refractivity contribution in [2.75, 3.05) is 19.5 Å². The lowest BCUT2D eigenvalue weighted by atomic mass is 10.2. The topological polar surface area (TPSA) is 93.5 Å². The molecule has 1 aromatic carbocycles. The van der Waals surface area contributed by atoms with Crippen LogP contribution in [0.25, 0.3) is 5.78 Å². The molecule has 8 nitrogen and oxygen atoms in total. The zero-order valence-corrected chi connectivity index (χ0v) is 14.0. The highest BCUT2D eigenvalue weighted by atomic mass is 16.5. The molecule has 0 spiro atoms. The second-order valence-corrected chi connectivity index (χ2v) is 5.37. The number of hydrogen-bond acceptors (Lipinski definition) is 6. The number of nitrogens with one attached hydrogen (secondary N) is 2. The smallest absolute Gasteiger partial charge is 0.277 e. The Balaban J connectivity index is 1.89. The number of hydrogen-bond donors (Lipinski definition) is 2. The van der Waals surface area contributed by atoms with Crippen molar-refractivity contribution in [3.63, 3.8) is 0 Å². The summed E-state index contributed by atoms with van der Waals surface area (Å²) in [5, 5.41) is 6.06. The van der Waals surface area contributed by atoms with Gasteiger partial charge < -0.3 is 14.8 Å². The molecule has 0 aliphatic rings. The number of aromatic amines is 1. The fraction of sp³-hybridized carbons (Fsp3) is 0.312. The highest BCUT2D eigenvalue weighted by Gasteiger charge is 2.11. The fourth-order valence-corrected chi connectivity index (χ4v) is 2.38. The molecule has 8 heteroatoms. The molecule has 0 saturated carbocycles. The second kappa shape index (κ2) is 6.23. The summed E-state index contributed by atoms with van der Waals surface area (Å²) in [6, 6.07) is 5.55. The van der Waals surface area contributed by atoms with Crippen LogP contribution in [0.2, 0.25) is 0 Å². The Bertz CT molecular complexity index is 945. The number of fused-ring (bicyclic) bond motifs is 1. The van der Waals surface area contributed by atoms with E-state index in [4.69, 9.17) is 9.47 Å². The average molecular weight is 329 g/mol. The minimum absolute atomic E-state index is 0.156. The molecule has 24 heavy (non-hydrogen) atoms. The van der Waals surface area contributed by atoms with E-state index >= 15 is 0 Å². The Hall–Kier alpha value is -3.03. The third-order valence-corrected chi connectivity index (χ3v) is 3.90. The number of aryl methyl sites for hydroxylation is 1. The molecule has 0 bridgehead atoms. The van der Waals surface area contributed by atoms with Crippen LogP contribution in [0.3, 0.4) is 0 Å². The number of nitrogens with zero attached hydrogens (tertiary/aromatic N) is 3. The van der Waals surface area contributed by atoms with Crippen LogP contribution in [0.1, 0.15) is 16.8 Å². The maximum atomic E-state index is 12.2. The monoisotopic (exact) mass is 329 g/mol. The number of anilines is 1. The summed E-state index contributed by atoms with van der Waals surface area (Å²) in [5.41, 5.74) is 2.02. The molecule has 2 N–H and O–H groups in total. The largest absolute Gasteiger partial charge is 0.497 e. The van der Waals surface area contributed by atoms with Gasteiger partial charge in [-0.1, -0.05) is 0 Å². The van der Waals surface area contributed by atoms with Gasteiger partial charge in [0.2, 0.25) is 5.95 Å². The number of benzene rings is 1. The molecule has 0 radical (unpaired) electrons. The maximum absolute atomic E-state index is 12.2. The van der Waals surface area contributed by atoms with Crippen LogP contribution < -0.4 is 20.3 Å². The molecule has 126 valence electrons. The molecule has 3 aromatic rings. The van der Waals surface area contributed by atoms with Crippen molar-refractivity contribution in [3.05, 3.63) is 45.4 Å². The normalized spacial score (nSPS) is 10.8. The zero-order chi connectivity index (χ0) is 17.3. The van der Waals surface area contributed by atoms with Crippen molar-refractivity contribution in [1.82, 2.24) is 19.6 Å². The lowest BCUT2D eigenvalue weighted by Crippen LogP contribution is -2.19. The van der Waals surface area contributed by atoms with E-state index in [9.17, 15) is 4.79 Å². The van der Waals surface area contributed by atoms with Crippen molar-refractivity contribution in [2.24, 2.45) is 0 Å². The van der Waals surface area contributed by atoms with E-state index in [1.54, 1.807) is 28.1 Å². The molecule has 2 aromatic heterocycles. The molecule has 0 aliphatic heterocycles. The summed E-state index contributed by atoms with van der Waals surface area (Å²) in [4.78, 5) is 20.8. The highest BCUT2D eigenvalue weighted by molar-refractivity contribution is 5.44. The first-order chi connectivity index (χ1) is 11.5. The lowest BCUT2D eigenvalue weighted by molar-refractivity contribution is 0.399. The standard InChI is InChI=1S/C16H19N5O3/c1-9-10(2)18-16-19-15(20-21(16)14(9)22)17-8-11-7-12(23-3)5-6-13(11)24-4/h5-7H,8H2,1-4H3,(H2,17,18,19,20). The minimum atomic E-state index is -0.156. The Morgan fingerprint density at radius 3 is 2.71 bits per heavy atom. The van der Waals surface area contributed by atoms with Crippen LogP contribution in [0.5, 0.6) is 11.5 Å². The number of methoxy groups -OCH3 is 2. The van der Waals surface area contributed by atoms with Crippen LogP contribution >= 0.6 is 0 Å². The van der Waals surface area contributed by atoms with Crippen molar-refractivity contribution in [3.8, 4) is 11.5 Å². The van der Waals surface area contributed by atoms with Crippen LogP contribution in [0.4, 0.5) is 5.95 Å². The van der Waals surface area contributed by atoms with Crippen molar-refractivity contribution in [1.29, 1.82) is 0 Å². The first kappa shape index (κ1) is 15.9. The summed E-state index contributed by atoms with van der Waals surface area (Å²) in [6.45, 7) is 3.98.